The number of rotatable bonds is 11. The molecular weight excluding hydrogens is 261 g/mol. The summed E-state index contributed by atoms with van der Waals surface area (Å²) in [4.78, 5) is 0. The third kappa shape index (κ3) is 7.08. The zero-order valence-corrected chi connectivity index (χ0v) is 14.0. The first-order chi connectivity index (χ1) is 10.2. The zero-order chi connectivity index (χ0) is 15.5. The van der Waals surface area contributed by atoms with Gasteiger partial charge in [-0.1, -0.05) is 64.7 Å². The van der Waals surface area contributed by atoms with Crippen molar-refractivity contribution in [2.75, 3.05) is 6.54 Å². The summed E-state index contributed by atoms with van der Waals surface area (Å²) in [7, 11) is 0. The summed E-state index contributed by atoms with van der Waals surface area (Å²) in [6, 6.07) is 7.58. The van der Waals surface area contributed by atoms with Gasteiger partial charge < -0.3 is 5.32 Å². The van der Waals surface area contributed by atoms with Crippen LogP contribution in [0.4, 0.5) is 4.39 Å². The maximum atomic E-state index is 13.9. The van der Waals surface area contributed by atoms with E-state index >= 15 is 0 Å². The molecule has 0 saturated carbocycles. The fourth-order valence-electron chi connectivity index (χ4n) is 2.90. The Morgan fingerprint density at radius 1 is 1.10 bits per heavy atom. The predicted molar refractivity (Wildman–Crippen MR) is 90.1 cm³/mol. The highest BCUT2D eigenvalue weighted by Crippen LogP contribution is 2.21. The molecule has 0 fully saturated rings. The molecule has 0 saturated heterocycles. The second kappa shape index (κ2) is 10.8. The van der Waals surface area contributed by atoms with Crippen molar-refractivity contribution in [2.24, 2.45) is 5.92 Å². The fourth-order valence-corrected chi connectivity index (χ4v) is 2.90. The highest BCUT2D eigenvalue weighted by molar-refractivity contribution is 5.18. The highest BCUT2D eigenvalue weighted by Gasteiger charge is 2.16. The number of hydrogen-bond acceptors (Lipinski definition) is 1. The van der Waals surface area contributed by atoms with Crippen LogP contribution in [0, 0.1) is 11.7 Å². The van der Waals surface area contributed by atoms with Crippen LogP contribution in [0.5, 0.6) is 0 Å². The Labute approximate surface area is 130 Å². The Morgan fingerprint density at radius 2 is 1.86 bits per heavy atom. The average molecular weight is 293 g/mol. The number of hydrogen-bond donors (Lipinski definition) is 1. The highest BCUT2D eigenvalue weighted by atomic mass is 19.1. The normalized spacial score (nSPS) is 14.1. The van der Waals surface area contributed by atoms with Gasteiger partial charge in [-0.25, -0.2) is 4.39 Å². The molecule has 0 aromatic heterocycles. The fraction of sp³-hybridized carbons (Fsp3) is 0.684. The molecule has 2 unspecified atom stereocenters. The molecule has 0 aliphatic carbocycles. The van der Waals surface area contributed by atoms with Crippen LogP contribution in [0.1, 0.15) is 64.9 Å². The van der Waals surface area contributed by atoms with E-state index in [4.69, 9.17) is 0 Å². The lowest BCUT2D eigenvalue weighted by molar-refractivity contribution is 0.345. The summed E-state index contributed by atoms with van der Waals surface area (Å²) >= 11 is 0. The van der Waals surface area contributed by atoms with Gasteiger partial charge in [0.05, 0.1) is 0 Å². The van der Waals surface area contributed by atoms with Crippen LogP contribution >= 0.6 is 0 Å². The molecule has 0 aliphatic rings. The second-order valence-electron chi connectivity index (χ2n) is 6.10. The van der Waals surface area contributed by atoms with Gasteiger partial charge >= 0.3 is 0 Å². The Balaban J connectivity index is 2.63. The molecule has 2 heteroatoms. The maximum absolute atomic E-state index is 13.9. The van der Waals surface area contributed by atoms with Crippen molar-refractivity contribution in [3.63, 3.8) is 0 Å². The minimum absolute atomic E-state index is 0.0672. The maximum Gasteiger partial charge on any atom is 0.126 e. The van der Waals surface area contributed by atoms with E-state index in [-0.39, 0.29) is 5.82 Å². The number of benzene rings is 1. The van der Waals surface area contributed by atoms with Gasteiger partial charge in [0.2, 0.25) is 0 Å². The first-order valence-electron chi connectivity index (χ1n) is 8.67. The van der Waals surface area contributed by atoms with Gasteiger partial charge in [-0.3, -0.25) is 0 Å². The van der Waals surface area contributed by atoms with Crippen molar-refractivity contribution in [1.29, 1.82) is 0 Å². The van der Waals surface area contributed by atoms with E-state index in [2.05, 4.69) is 26.1 Å². The third-order valence-corrected chi connectivity index (χ3v) is 4.27. The van der Waals surface area contributed by atoms with Crippen LogP contribution in [0.15, 0.2) is 24.3 Å². The zero-order valence-electron chi connectivity index (χ0n) is 14.0. The largest absolute Gasteiger partial charge is 0.314 e. The molecule has 21 heavy (non-hydrogen) atoms. The van der Waals surface area contributed by atoms with Gasteiger partial charge in [0.1, 0.15) is 5.82 Å². The van der Waals surface area contributed by atoms with E-state index in [1.165, 1.54) is 25.7 Å². The molecule has 0 heterocycles. The van der Waals surface area contributed by atoms with E-state index in [1.807, 2.05) is 12.1 Å². The van der Waals surface area contributed by atoms with Crippen LogP contribution in [-0.2, 0) is 6.42 Å². The summed E-state index contributed by atoms with van der Waals surface area (Å²) in [6.45, 7) is 7.73. The molecule has 1 N–H and O–H groups in total. The van der Waals surface area contributed by atoms with E-state index in [1.54, 1.807) is 12.1 Å². The van der Waals surface area contributed by atoms with Crippen molar-refractivity contribution >= 4 is 0 Å². The Hall–Kier alpha value is -0.890. The molecule has 120 valence electrons. The van der Waals surface area contributed by atoms with Crippen molar-refractivity contribution in [1.82, 2.24) is 5.32 Å². The second-order valence-corrected chi connectivity index (χ2v) is 6.10. The lowest BCUT2D eigenvalue weighted by atomic mass is 9.89. The molecule has 1 aromatic rings. The van der Waals surface area contributed by atoms with Gasteiger partial charge in [0.25, 0.3) is 0 Å². The molecular formula is C19H32FN. The molecule has 0 radical (unpaired) electrons. The Morgan fingerprint density at radius 3 is 2.48 bits per heavy atom. The summed E-state index contributed by atoms with van der Waals surface area (Å²) in [6.07, 6.45) is 8.17. The summed E-state index contributed by atoms with van der Waals surface area (Å²) < 4.78 is 13.9. The van der Waals surface area contributed by atoms with Gasteiger partial charge in [-0.05, 0) is 43.4 Å². The minimum Gasteiger partial charge on any atom is -0.314 e. The molecule has 1 nitrogen and oxygen atoms in total. The Bertz CT molecular complexity index is 378. The first-order valence-corrected chi connectivity index (χ1v) is 8.67. The van der Waals surface area contributed by atoms with E-state index in [0.717, 1.165) is 37.3 Å². The summed E-state index contributed by atoms with van der Waals surface area (Å²) in [5, 5.41) is 3.62. The lowest BCUT2D eigenvalue weighted by Crippen LogP contribution is -2.34. The molecule has 1 rings (SSSR count). The van der Waals surface area contributed by atoms with Crippen molar-refractivity contribution < 1.29 is 4.39 Å². The van der Waals surface area contributed by atoms with E-state index < -0.39 is 0 Å². The number of halogens is 1. The van der Waals surface area contributed by atoms with Gasteiger partial charge in [0, 0.05) is 6.04 Å². The van der Waals surface area contributed by atoms with Gasteiger partial charge in [-0.15, -0.1) is 0 Å². The molecule has 0 bridgehead atoms. The minimum atomic E-state index is -0.0672. The van der Waals surface area contributed by atoms with Crippen LogP contribution in [-0.4, -0.2) is 12.6 Å². The lowest BCUT2D eigenvalue weighted by Gasteiger charge is -2.24. The molecule has 0 spiro atoms. The van der Waals surface area contributed by atoms with Crippen LogP contribution in [0.2, 0.25) is 0 Å². The van der Waals surface area contributed by atoms with Crippen molar-refractivity contribution in [3.8, 4) is 0 Å². The van der Waals surface area contributed by atoms with Crippen LogP contribution < -0.4 is 5.32 Å². The van der Waals surface area contributed by atoms with E-state index in [0.29, 0.717) is 6.04 Å². The van der Waals surface area contributed by atoms with Gasteiger partial charge in [0.15, 0.2) is 0 Å². The Kier molecular flexibility index (Phi) is 9.32. The first kappa shape index (κ1) is 18.2. The van der Waals surface area contributed by atoms with Crippen LogP contribution in [0.3, 0.4) is 0 Å². The summed E-state index contributed by atoms with van der Waals surface area (Å²) in [5.74, 6) is 0.688. The van der Waals surface area contributed by atoms with Crippen LogP contribution in [0.25, 0.3) is 0 Å². The van der Waals surface area contributed by atoms with Crippen molar-refractivity contribution in [3.05, 3.63) is 35.6 Å². The molecule has 2 atom stereocenters. The van der Waals surface area contributed by atoms with Crippen molar-refractivity contribution in [2.45, 2.75) is 71.8 Å². The molecule has 0 aliphatic heterocycles. The SMILES string of the molecule is CCCCC(CC)CC(Cc1ccccc1F)NCCC. The quantitative estimate of drug-likeness (QED) is 0.580. The third-order valence-electron chi connectivity index (χ3n) is 4.27. The smallest absolute Gasteiger partial charge is 0.126 e. The average Bonchev–Trinajstić information content (AvgIpc) is 2.50. The van der Waals surface area contributed by atoms with Gasteiger partial charge in [-0.2, -0.15) is 0 Å². The standard InChI is InChI=1S/C19H32FN/c1-4-7-10-16(6-3)14-18(21-13-5-2)15-17-11-8-9-12-19(17)20/h8-9,11-12,16,18,21H,4-7,10,13-15H2,1-3H3. The molecule has 1 aromatic carbocycles. The predicted octanol–water partition coefficient (Wildman–Crippen LogP) is 5.34. The number of unbranched alkanes of at least 4 members (excludes halogenated alkanes) is 1. The molecule has 0 amide bonds. The monoisotopic (exact) mass is 293 g/mol. The summed E-state index contributed by atoms with van der Waals surface area (Å²) in [5.41, 5.74) is 0.844. The number of nitrogens with one attached hydrogen (secondary N) is 1. The topological polar surface area (TPSA) is 12.0 Å². The van der Waals surface area contributed by atoms with E-state index in [9.17, 15) is 4.39 Å².